The largest absolute Gasteiger partial charge is 0.382 e. The molecule has 0 bridgehead atoms. The summed E-state index contributed by atoms with van der Waals surface area (Å²) in [5, 5.41) is 10.5. The Kier molecular flexibility index (Phi) is 1.44. The summed E-state index contributed by atoms with van der Waals surface area (Å²) in [6, 6.07) is 3.97. The molecule has 0 saturated carbocycles. The molecule has 3 nitrogen and oxygen atoms in total. The average Bonchev–Trinajstić information content (AvgIpc) is 2.53. The maximum absolute atomic E-state index is 7.31. The van der Waals surface area contributed by atoms with Crippen LogP contribution in [0.25, 0.3) is 10.2 Å². The van der Waals surface area contributed by atoms with E-state index in [1.54, 1.807) is 11.3 Å². The van der Waals surface area contributed by atoms with Crippen LogP contribution in [0.15, 0.2) is 17.5 Å². The van der Waals surface area contributed by atoms with Gasteiger partial charge in [0, 0.05) is 12.4 Å². The normalized spacial score (nSPS) is 10.8. The predicted octanol–water partition coefficient (Wildman–Crippen LogP) is 1.52. The lowest BCUT2D eigenvalue weighted by Gasteiger charge is -1.98. The number of hydrogen-bond donors (Lipinski definition) is 2. The summed E-state index contributed by atoms with van der Waals surface area (Å²) in [5.41, 5.74) is 6.19. The van der Waals surface area contributed by atoms with Gasteiger partial charge in [0.25, 0.3) is 0 Å². The van der Waals surface area contributed by atoms with Gasteiger partial charge in [-0.1, -0.05) is 0 Å². The molecule has 0 aliphatic carbocycles. The van der Waals surface area contributed by atoms with E-state index in [2.05, 4.69) is 0 Å². The third-order valence-corrected chi connectivity index (χ3v) is 2.91. The van der Waals surface area contributed by atoms with E-state index < -0.39 is 0 Å². The van der Waals surface area contributed by atoms with Gasteiger partial charge >= 0.3 is 0 Å². The topological polar surface area (TPSA) is 54.8 Å². The Morgan fingerprint density at radius 2 is 2.42 bits per heavy atom. The van der Waals surface area contributed by atoms with Gasteiger partial charge in [0.05, 0.1) is 5.69 Å². The Bertz CT molecular complexity index is 438. The van der Waals surface area contributed by atoms with Gasteiger partial charge in [-0.05, 0) is 17.5 Å². The molecule has 0 amide bonds. The molecule has 2 aromatic rings. The number of nitrogens with zero attached hydrogens (tertiary/aromatic N) is 1. The number of nitrogens with two attached hydrogens (primary N) is 1. The van der Waals surface area contributed by atoms with Crippen molar-refractivity contribution >= 4 is 27.4 Å². The van der Waals surface area contributed by atoms with Gasteiger partial charge < -0.3 is 10.3 Å². The van der Waals surface area contributed by atoms with Crippen molar-refractivity contribution in [1.29, 1.82) is 5.41 Å². The Morgan fingerprint density at radius 1 is 1.67 bits per heavy atom. The van der Waals surface area contributed by atoms with Gasteiger partial charge in [-0.3, -0.25) is 5.41 Å². The van der Waals surface area contributed by atoms with Crippen molar-refractivity contribution in [2.45, 2.75) is 0 Å². The summed E-state index contributed by atoms with van der Waals surface area (Å²) in [4.78, 5) is 1.17. The highest BCUT2D eigenvalue weighted by molar-refractivity contribution is 7.16. The zero-order valence-electron chi connectivity index (χ0n) is 6.66. The molecule has 2 rings (SSSR count). The molecule has 2 heterocycles. The van der Waals surface area contributed by atoms with Gasteiger partial charge in [-0.2, -0.15) is 0 Å². The third kappa shape index (κ3) is 0.848. The summed E-state index contributed by atoms with van der Waals surface area (Å²) in [7, 11) is 1.93. The fraction of sp³-hybridized carbons (Fsp3) is 0.125. The van der Waals surface area contributed by atoms with Gasteiger partial charge in [0.1, 0.15) is 10.7 Å². The van der Waals surface area contributed by atoms with E-state index in [1.807, 2.05) is 29.1 Å². The van der Waals surface area contributed by atoms with Crippen molar-refractivity contribution in [3.05, 3.63) is 23.2 Å². The van der Waals surface area contributed by atoms with Gasteiger partial charge in [-0.15, -0.1) is 11.3 Å². The molecule has 2 aromatic heterocycles. The van der Waals surface area contributed by atoms with Crippen LogP contribution in [-0.2, 0) is 7.05 Å². The lowest BCUT2D eigenvalue weighted by Crippen LogP contribution is -2.14. The van der Waals surface area contributed by atoms with Gasteiger partial charge in [0.15, 0.2) is 0 Å². The SMILES string of the molecule is Cn1c(C(=N)N)cc2ccsc21. The Hall–Kier alpha value is -1.29. The quantitative estimate of drug-likeness (QED) is 0.506. The lowest BCUT2D eigenvalue weighted by atomic mass is 10.3. The molecule has 4 heteroatoms. The molecule has 0 aliphatic heterocycles. The number of aryl methyl sites for hydroxylation is 1. The molecular formula is C8H9N3S. The molecule has 0 aliphatic rings. The summed E-state index contributed by atoms with van der Waals surface area (Å²) in [5.74, 6) is 0.126. The Morgan fingerprint density at radius 3 is 3.00 bits per heavy atom. The number of nitrogens with one attached hydrogen (secondary N) is 1. The second-order valence-electron chi connectivity index (χ2n) is 2.68. The van der Waals surface area contributed by atoms with E-state index in [-0.39, 0.29) is 5.84 Å². The van der Waals surface area contributed by atoms with Crippen molar-refractivity contribution in [1.82, 2.24) is 4.57 Å². The van der Waals surface area contributed by atoms with Crippen molar-refractivity contribution in [2.24, 2.45) is 12.8 Å². The van der Waals surface area contributed by atoms with E-state index in [0.29, 0.717) is 0 Å². The van der Waals surface area contributed by atoms with E-state index in [0.717, 1.165) is 11.1 Å². The zero-order chi connectivity index (χ0) is 8.72. The number of aromatic nitrogens is 1. The molecule has 0 aromatic carbocycles. The smallest absolute Gasteiger partial charge is 0.139 e. The van der Waals surface area contributed by atoms with Crippen molar-refractivity contribution in [3.8, 4) is 0 Å². The minimum atomic E-state index is 0.126. The third-order valence-electron chi connectivity index (χ3n) is 1.91. The molecule has 0 fully saturated rings. The fourth-order valence-electron chi connectivity index (χ4n) is 1.31. The summed E-state index contributed by atoms with van der Waals surface area (Å²) < 4.78 is 1.95. The first-order chi connectivity index (χ1) is 5.70. The first-order valence-electron chi connectivity index (χ1n) is 3.57. The number of fused-ring (bicyclic) bond motifs is 1. The summed E-state index contributed by atoms with van der Waals surface area (Å²) >= 11 is 1.66. The predicted molar refractivity (Wildman–Crippen MR) is 51.8 cm³/mol. The minimum Gasteiger partial charge on any atom is -0.382 e. The Balaban J connectivity index is 2.78. The summed E-state index contributed by atoms with van der Waals surface area (Å²) in [6.07, 6.45) is 0. The molecular weight excluding hydrogens is 170 g/mol. The highest BCUT2D eigenvalue weighted by Crippen LogP contribution is 2.23. The zero-order valence-corrected chi connectivity index (χ0v) is 7.48. The van der Waals surface area contributed by atoms with Crippen LogP contribution in [0.5, 0.6) is 0 Å². The van der Waals surface area contributed by atoms with Crippen LogP contribution in [0.4, 0.5) is 0 Å². The second-order valence-corrected chi connectivity index (χ2v) is 3.58. The molecule has 62 valence electrons. The molecule has 0 saturated heterocycles. The molecule has 12 heavy (non-hydrogen) atoms. The van der Waals surface area contributed by atoms with E-state index in [9.17, 15) is 0 Å². The highest BCUT2D eigenvalue weighted by atomic mass is 32.1. The molecule has 0 radical (unpaired) electrons. The van der Waals surface area contributed by atoms with Crippen LogP contribution in [0.3, 0.4) is 0 Å². The van der Waals surface area contributed by atoms with Crippen LogP contribution in [0, 0.1) is 5.41 Å². The van der Waals surface area contributed by atoms with E-state index >= 15 is 0 Å². The van der Waals surface area contributed by atoms with Crippen LogP contribution in [-0.4, -0.2) is 10.4 Å². The van der Waals surface area contributed by atoms with Crippen LogP contribution < -0.4 is 5.73 Å². The number of hydrogen-bond acceptors (Lipinski definition) is 2. The standard InChI is InChI=1S/C8H9N3S/c1-11-6(7(9)10)4-5-2-3-12-8(5)11/h2-4H,1H3,(H3,9,10). The molecule has 3 N–H and O–H groups in total. The van der Waals surface area contributed by atoms with Crippen molar-refractivity contribution in [3.63, 3.8) is 0 Å². The first-order valence-corrected chi connectivity index (χ1v) is 4.45. The molecule has 0 spiro atoms. The number of rotatable bonds is 1. The maximum atomic E-state index is 7.31. The number of amidine groups is 1. The lowest BCUT2D eigenvalue weighted by molar-refractivity contribution is 0.958. The first kappa shape index (κ1) is 7.36. The van der Waals surface area contributed by atoms with Crippen LogP contribution in [0.1, 0.15) is 5.69 Å². The highest BCUT2D eigenvalue weighted by Gasteiger charge is 2.07. The van der Waals surface area contributed by atoms with E-state index in [1.165, 1.54) is 4.83 Å². The number of nitrogen functional groups attached to an aromatic ring is 1. The van der Waals surface area contributed by atoms with Crippen LogP contribution in [0.2, 0.25) is 0 Å². The van der Waals surface area contributed by atoms with Gasteiger partial charge in [-0.25, -0.2) is 0 Å². The van der Waals surface area contributed by atoms with E-state index in [4.69, 9.17) is 11.1 Å². The fourth-order valence-corrected chi connectivity index (χ4v) is 2.17. The number of thiophene rings is 1. The van der Waals surface area contributed by atoms with Crippen LogP contribution >= 0.6 is 11.3 Å². The monoisotopic (exact) mass is 179 g/mol. The average molecular weight is 179 g/mol. The minimum absolute atomic E-state index is 0.126. The molecule has 0 unspecified atom stereocenters. The van der Waals surface area contributed by atoms with Gasteiger partial charge in [0.2, 0.25) is 0 Å². The van der Waals surface area contributed by atoms with Crippen molar-refractivity contribution in [2.75, 3.05) is 0 Å². The molecule has 0 atom stereocenters. The second kappa shape index (κ2) is 2.35. The summed E-state index contributed by atoms with van der Waals surface area (Å²) in [6.45, 7) is 0. The Labute approximate surface area is 73.9 Å². The maximum Gasteiger partial charge on any atom is 0.139 e. The van der Waals surface area contributed by atoms with Crippen molar-refractivity contribution < 1.29 is 0 Å².